The molecule has 0 saturated heterocycles. The Hall–Kier alpha value is -1.69. The van der Waals surface area contributed by atoms with Crippen molar-refractivity contribution in [1.29, 1.82) is 0 Å². The smallest absolute Gasteiger partial charge is 0.219 e. The van der Waals surface area contributed by atoms with Crippen LogP contribution in [0.5, 0.6) is 5.75 Å². The maximum Gasteiger partial charge on any atom is 0.219 e. The van der Waals surface area contributed by atoms with E-state index in [0.717, 1.165) is 12.1 Å². The minimum atomic E-state index is -0.782. The molecule has 1 aromatic rings. The molecule has 1 aromatic carbocycles. The van der Waals surface area contributed by atoms with Gasteiger partial charge in [0.1, 0.15) is 0 Å². The summed E-state index contributed by atoms with van der Waals surface area (Å²) in [6.45, 7) is 0.133. The van der Waals surface area contributed by atoms with Crippen molar-refractivity contribution in [2.45, 2.75) is 19.4 Å². The maximum atomic E-state index is 13.5. The van der Waals surface area contributed by atoms with Gasteiger partial charge >= 0.3 is 0 Å². The zero-order chi connectivity index (χ0) is 13.5. The van der Waals surface area contributed by atoms with Gasteiger partial charge in [0, 0.05) is 20.0 Å². The topological polar surface area (TPSA) is 64.3 Å². The average Bonchev–Trinajstić information content (AvgIpc) is 2.36. The number of carbonyl (C=O) groups is 1. The van der Waals surface area contributed by atoms with Crippen molar-refractivity contribution >= 4 is 5.91 Å². The number of carbonyl (C=O) groups excluding carboxylic acids is 1. The van der Waals surface area contributed by atoms with Gasteiger partial charge in [0.05, 0.1) is 6.61 Å². The third-order valence-electron chi connectivity index (χ3n) is 2.37. The molecule has 18 heavy (non-hydrogen) atoms. The monoisotopic (exact) mass is 258 g/mol. The maximum absolute atomic E-state index is 13.5. The number of nitrogens with one attached hydrogen (secondary N) is 1. The number of nitrogens with two attached hydrogens (primary N) is 1. The molecule has 0 radical (unpaired) electrons. The van der Waals surface area contributed by atoms with Gasteiger partial charge in [0.2, 0.25) is 5.91 Å². The molecule has 3 N–H and O–H groups in total. The lowest BCUT2D eigenvalue weighted by Crippen LogP contribution is -2.18. The number of hydrogen-bond donors (Lipinski definition) is 2. The Kier molecular flexibility index (Phi) is 5.51. The van der Waals surface area contributed by atoms with E-state index in [2.05, 4.69) is 5.32 Å². The molecular formula is C12H16F2N2O2. The highest BCUT2D eigenvalue weighted by Gasteiger charge is 2.12. The van der Waals surface area contributed by atoms with Crippen molar-refractivity contribution in [1.82, 2.24) is 5.32 Å². The lowest BCUT2D eigenvalue weighted by atomic mass is 10.2. The Bertz CT molecular complexity index is 402. The molecule has 0 aliphatic rings. The number of ether oxygens (including phenoxy) is 1. The summed E-state index contributed by atoms with van der Waals surface area (Å²) in [4.78, 5) is 10.9. The van der Waals surface area contributed by atoms with Gasteiger partial charge in [-0.1, -0.05) is 0 Å². The molecule has 4 nitrogen and oxygen atoms in total. The molecular weight excluding hydrogens is 242 g/mol. The third kappa shape index (κ3) is 3.96. The van der Waals surface area contributed by atoms with E-state index in [9.17, 15) is 13.6 Å². The molecule has 0 bridgehead atoms. The number of benzene rings is 1. The van der Waals surface area contributed by atoms with Gasteiger partial charge in [-0.2, -0.15) is 0 Å². The highest BCUT2D eigenvalue weighted by atomic mass is 19.1. The van der Waals surface area contributed by atoms with E-state index >= 15 is 0 Å². The quantitative estimate of drug-likeness (QED) is 0.756. The van der Waals surface area contributed by atoms with Crippen LogP contribution in [0.15, 0.2) is 12.1 Å². The van der Waals surface area contributed by atoms with Crippen LogP contribution >= 0.6 is 0 Å². The van der Waals surface area contributed by atoms with Gasteiger partial charge in [-0.05, 0) is 24.1 Å². The van der Waals surface area contributed by atoms with Crippen LogP contribution in [-0.2, 0) is 11.3 Å². The Morgan fingerprint density at radius 2 is 2.00 bits per heavy atom. The molecule has 0 fully saturated rings. The fourth-order valence-electron chi connectivity index (χ4n) is 1.40. The molecule has 1 amide bonds. The van der Waals surface area contributed by atoms with Crippen LogP contribution in [0.4, 0.5) is 8.78 Å². The molecule has 0 atom stereocenters. The first-order chi connectivity index (χ1) is 8.58. The van der Waals surface area contributed by atoms with Crippen LogP contribution in [0.25, 0.3) is 0 Å². The second-order valence-corrected chi connectivity index (χ2v) is 3.72. The first-order valence-corrected chi connectivity index (χ1v) is 5.59. The lowest BCUT2D eigenvalue weighted by molar-refractivity contribution is -0.120. The first kappa shape index (κ1) is 14.4. The Balaban J connectivity index is 2.54. The highest BCUT2D eigenvalue weighted by molar-refractivity contribution is 5.75. The number of hydrogen-bond acceptors (Lipinski definition) is 3. The molecule has 0 aliphatic carbocycles. The van der Waals surface area contributed by atoms with Gasteiger partial charge in [-0.25, -0.2) is 8.78 Å². The van der Waals surface area contributed by atoms with Crippen LogP contribution < -0.4 is 15.8 Å². The summed E-state index contributed by atoms with van der Waals surface area (Å²) >= 11 is 0. The van der Waals surface area contributed by atoms with E-state index in [0.29, 0.717) is 12.0 Å². The van der Waals surface area contributed by atoms with Crippen LogP contribution in [-0.4, -0.2) is 19.6 Å². The van der Waals surface area contributed by atoms with Crippen molar-refractivity contribution in [3.63, 3.8) is 0 Å². The summed E-state index contributed by atoms with van der Waals surface area (Å²) in [5.41, 5.74) is 5.65. The van der Waals surface area contributed by atoms with Crippen LogP contribution in [0.3, 0.4) is 0 Å². The standard InChI is InChI=1S/C12H16F2N2O2/c1-16-11(17)3-2-4-18-12-9(13)5-8(7-15)6-10(12)14/h5-6H,2-4,7,15H2,1H3,(H,16,17). The summed E-state index contributed by atoms with van der Waals surface area (Å²) in [5.74, 6) is -2.13. The summed E-state index contributed by atoms with van der Waals surface area (Å²) in [5, 5.41) is 2.44. The largest absolute Gasteiger partial charge is 0.488 e. The van der Waals surface area contributed by atoms with Crippen molar-refractivity contribution in [3.8, 4) is 5.75 Å². The zero-order valence-corrected chi connectivity index (χ0v) is 10.1. The van der Waals surface area contributed by atoms with E-state index < -0.39 is 17.4 Å². The zero-order valence-electron chi connectivity index (χ0n) is 10.1. The first-order valence-electron chi connectivity index (χ1n) is 5.59. The molecule has 0 spiro atoms. The van der Waals surface area contributed by atoms with Gasteiger partial charge < -0.3 is 15.8 Å². The van der Waals surface area contributed by atoms with Crippen molar-refractivity contribution in [2.24, 2.45) is 5.73 Å². The van der Waals surface area contributed by atoms with Gasteiger partial charge in [0.25, 0.3) is 0 Å². The van der Waals surface area contributed by atoms with E-state index in [-0.39, 0.29) is 25.5 Å². The fourth-order valence-corrected chi connectivity index (χ4v) is 1.40. The van der Waals surface area contributed by atoms with Crippen LogP contribution in [0.1, 0.15) is 18.4 Å². The van der Waals surface area contributed by atoms with E-state index in [1.54, 1.807) is 0 Å². The van der Waals surface area contributed by atoms with Crippen LogP contribution in [0, 0.1) is 11.6 Å². The molecule has 100 valence electrons. The second-order valence-electron chi connectivity index (χ2n) is 3.72. The number of rotatable bonds is 6. The molecule has 0 aliphatic heterocycles. The third-order valence-corrected chi connectivity index (χ3v) is 2.37. The summed E-state index contributed by atoms with van der Waals surface area (Å²) in [7, 11) is 1.52. The summed E-state index contributed by atoms with van der Waals surface area (Å²) < 4.78 is 31.9. The van der Waals surface area contributed by atoms with E-state index in [4.69, 9.17) is 10.5 Å². The minimum Gasteiger partial charge on any atom is -0.488 e. The van der Waals surface area contributed by atoms with E-state index in [1.165, 1.54) is 7.05 Å². The fraction of sp³-hybridized carbons (Fsp3) is 0.417. The average molecular weight is 258 g/mol. The predicted molar refractivity (Wildman–Crippen MR) is 63.0 cm³/mol. The summed E-state index contributed by atoms with van der Waals surface area (Å²) in [6.07, 6.45) is 0.637. The van der Waals surface area contributed by atoms with Gasteiger partial charge in [0.15, 0.2) is 17.4 Å². The Labute approximate surface area is 104 Å². The molecule has 0 heterocycles. The molecule has 0 saturated carbocycles. The normalized spacial score (nSPS) is 10.2. The Morgan fingerprint density at radius 1 is 1.39 bits per heavy atom. The molecule has 1 rings (SSSR count). The van der Waals surface area contributed by atoms with Crippen molar-refractivity contribution < 1.29 is 18.3 Å². The second kappa shape index (κ2) is 6.90. The van der Waals surface area contributed by atoms with Crippen molar-refractivity contribution in [2.75, 3.05) is 13.7 Å². The molecule has 0 aromatic heterocycles. The predicted octanol–water partition coefficient (Wildman–Crippen LogP) is 1.33. The Morgan fingerprint density at radius 3 is 2.50 bits per heavy atom. The minimum absolute atomic E-state index is 0.0603. The van der Waals surface area contributed by atoms with E-state index in [1.807, 2.05) is 0 Å². The SMILES string of the molecule is CNC(=O)CCCOc1c(F)cc(CN)cc1F. The number of amides is 1. The van der Waals surface area contributed by atoms with Gasteiger partial charge in [-0.15, -0.1) is 0 Å². The molecule has 6 heteroatoms. The summed E-state index contributed by atoms with van der Waals surface area (Å²) in [6, 6.07) is 2.27. The van der Waals surface area contributed by atoms with Crippen molar-refractivity contribution in [3.05, 3.63) is 29.3 Å². The van der Waals surface area contributed by atoms with Crippen LogP contribution in [0.2, 0.25) is 0 Å². The molecule has 0 unspecified atom stereocenters. The lowest BCUT2D eigenvalue weighted by Gasteiger charge is -2.09. The van der Waals surface area contributed by atoms with Gasteiger partial charge in [-0.3, -0.25) is 4.79 Å². The highest BCUT2D eigenvalue weighted by Crippen LogP contribution is 2.23. The number of halogens is 2.